The Kier molecular flexibility index (Phi) is 3.90. The van der Waals surface area contributed by atoms with Crippen molar-refractivity contribution >= 4 is 5.91 Å². The normalized spacial score (nSPS) is 13.8. The zero-order valence-corrected chi connectivity index (χ0v) is 11.9. The minimum atomic E-state index is 0.00333. The Labute approximate surface area is 114 Å². The monoisotopic (exact) mass is 256 g/mol. The van der Waals surface area contributed by atoms with Gasteiger partial charge in [-0.05, 0) is 43.9 Å². The molecule has 1 aliphatic heterocycles. The van der Waals surface area contributed by atoms with Gasteiger partial charge in [-0.25, -0.2) is 0 Å². The second-order valence-corrected chi connectivity index (χ2v) is 5.42. The molecule has 1 aromatic rings. The van der Waals surface area contributed by atoms with Crippen molar-refractivity contribution in [3.05, 3.63) is 34.4 Å². The molecule has 0 aliphatic carbocycles. The number of benzene rings is 1. The average molecular weight is 256 g/mol. The molecule has 1 aliphatic rings. The molecular weight excluding hydrogens is 236 g/mol. The third kappa shape index (κ3) is 2.49. The van der Waals surface area contributed by atoms with Crippen molar-refractivity contribution in [2.45, 2.75) is 52.6 Å². The first-order valence-corrected chi connectivity index (χ1v) is 6.95. The number of amides is 1. The van der Waals surface area contributed by atoms with Crippen molar-refractivity contribution in [2.24, 2.45) is 0 Å². The van der Waals surface area contributed by atoms with Crippen LogP contribution in [0.1, 0.15) is 60.7 Å². The van der Waals surface area contributed by atoms with Crippen molar-refractivity contribution < 1.29 is 4.79 Å². The number of carbonyl (C=O) groups is 1. The summed E-state index contributed by atoms with van der Waals surface area (Å²) in [4.78, 5) is 14.1. The van der Waals surface area contributed by atoms with Crippen LogP contribution in [-0.4, -0.2) is 16.8 Å². The van der Waals surface area contributed by atoms with Gasteiger partial charge < -0.3 is 4.90 Å². The standard InChI is InChI=1S/C16H20N2O/c1-4-5-6-12-7-13(9-17)15-14(8-12)10-18(11(2)3)16(15)19/h7-8,11H,4-6,10H2,1-3H3. The van der Waals surface area contributed by atoms with Crippen molar-refractivity contribution in [1.82, 2.24) is 4.90 Å². The van der Waals surface area contributed by atoms with Crippen molar-refractivity contribution in [2.75, 3.05) is 0 Å². The number of hydrogen-bond acceptors (Lipinski definition) is 2. The summed E-state index contributed by atoms with van der Waals surface area (Å²) >= 11 is 0. The van der Waals surface area contributed by atoms with Crippen LogP contribution in [0, 0.1) is 11.3 Å². The second kappa shape index (κ2) is 5.44. The number of nitriles is 1. The largest absolute Gasteiger partial charge is 0.332 e. The van der Waals surface area contributed by atoms with Crippen LogP contribution in [0.5, 0.6) is 0 Å². The van der Waals surface area contributed by atoms with E-state index in [-0.39, 0.29) is 11.9 Å². The number of aryl methyl sites for hydroxylation is 1. The number of hydrogen-bond donors (Lipinski definition) is 0. The molecule has 19 heavy (non-hydrogen) atoms. The first-order chi connectivity index (χ1) is 9.08. The summed E-state index contributed by atoms with van der Waals surface area (Å²) < 4.78 is 0. The minimum absolute atomic E-state index is 0.00333. The van der Waals surface area contributed by atoms with Crippen LogP contribution in [0.15, 0.2) is 12.1 Å². The average Bonchev–Trinajstić information content (AvgIpc) is 2.73. The van der Waals surface area contributed by atoms with Crippen LogP contribution in [0.4, 0.5) is 0 Å². The smallest absolute Gasteiger partial charge is 0.256 e. The first-order valence-electron chi connectivity index (χ1n) is 6.95. The van der Waals surface area contributed by atoms with Gasteiger partial charge in [-0.2, -0.15) is 5.26 Å². The Bertz CT molecular complexity index is 540. The van der Waals surface area contributed by atoms with Crippen LogP contribution < -0.4 is 0 Å². The van der Waals surface area contributed by atoms with Gasteiger partial charge in [0.1, 0.15) is 0 Å². The highest BCUT2D eigenvalue weighted by molar-refractivity contribution is 6.00. The molecule has 0 fully saturated rings. The molecule has 0 spiro atoms. The first kappa shape index (κ1) is 13.6. The number of nitrogens with zero attached hydrogens (tertiary/aromatic N) is 2. The van der Waals surface area contributed by atoms with E-state index in [4.69, 9.17) is 0 Å². The zero-order chi connectivity index (χ0) is 14.0. The summed E-state index contributed by atoms with van der Waals surface area (Å²) in [5.74, 6) is 0.00333. The topological polar surface area (TPSA) is 44.1 Å². The fraction of sp³-hybridized carbons (Fsp3) is 0.500. The van der Waals surface area contributed by atoms with E-state index in [9.17, 15) is 10.1 Å². The SMILES string of the molecule is CCCCc1cc(C#N)c2c(c1)CN(C(C)C)C2=O. The number of unbranched alkanes of at least 4 members (excludes halogenated alkanes) is 1. The summed E-state index contributed by atoms with van der Waals surface area (Å²) in [5.41, 5.74) is 3.35. The highest BCUT2D eigenvalue weighted by atomic mass is 16.2. The van der Waals surface area contributed by atoms with E-state index >= 15 is 0 Å². The van der Waals surface area contributed by atoms with Crippen LogP contribution in [0.25, 0.3) is 0 Å². The van der Waals surface area contributed by atoms with E-state index in [0.29, 0.717) is 17.7 Å². The van der Waals surface area contributed by atoms with E-state index < -0.39 is 0 Å². The Hall–Kier alpha value is -1.82. The molecule has 2 rings (SSSR count). The van der Waals surface area contributed by atoms with Gasteiger partial charge in [-0.1, -0.05) is 19.4 Å². The predicted octanol–water partition coefficient (Wildman–Crippen LogP) is 3.27. The molecule has 0 N–H and O–H groups in total. The van der Waals surface area contributed by atoms with Crippen LogP contribution in [0.2, 0.25) is 0 Å². The van der Waals surface area contributed by atoms with E-state index in [2.05, 4.69) is 19.1 Å². The quantitative estimate of drug-likeness (QED) is 0.830. The van der Waals surface area contributed by atoms with Gasteiger partial charge >= 0.3 is 0 Å². The lowest BCUT2D eigenvalue weighted by atomic mass is 9.97. The van der Waals surface area contributed by atoms with Gasteiger partial charge in [0.2, 0.25) is 0 Å². The lowest BCUT2D eigenvalue weighted by molar-refractivity contribution is 0.0730. The molecule has 1 heterocycles. The number of fused-ring (bicyclic) bond motifs is 1. The fourth-order valence-corrected chi connectivity index (χ4v) is 2.57. The Morgan fingerprint density at radius 3 is 2.74 bits per heavy atom. The molecule has 100 valence electrons. The molecule has 0 saturated heterocycles. The van der Waals surface area contributed by atoms with E-state index in [1.807, 2.05) is 24.8 Å². The Balaban J connectivity index is 2.41. The summed E-state index contributed by atoms with van der Waals surface area (Å²) in [5, 5.41) is 9.27. The summed E-state index contributed by atoms with van der Waals surface area (Å²) in [6.07, 6.45) is 3.23. The molecular formula is C16H20N2O. The Morgan fingerprint density at radius 1 is 1.42 bits per heavy atom. The van der Waals surface area contributed by atoms with Crippen molar-refractivity contribution in [3.8, 4) is 6.07 Å². The molecule has 3 heteroatoms. The van der Waals surface area contributed by atoms with Gasteiger partial charge in [0, 0.05) is 12.6 Å². The van der Waals surface area contributed by atoms with Gasteiger partial charge in [0.25, 0.3) is 5.91 Å². The number of carbonyl (C=O) groups excluding carboxylic acids is 1. The summed E-state index contributed by atoms with van der Waals surface area (Å²) in [6, 6.07) is 6.35. The molecule has 0 atom stereocenters. The summed E-state index contributed by atoms with van der Waals surface area (Å²) in [7, 11) is 0. The third-order valence-corrected chi connectivity index (χ3v) is 3.66. The van der Waals surface area contributed by atoms with Gasteiger partial charge in [-0.15, -0.1) is 0 Å². The van der Waals surface area contributed by atoms with Gasteiger partial charge in [0.05, 0.1) is 17.2 Å². The molecule has 0 saturated carbocycles. The zero-order valence-electron chi connectivity index (χ0n) is 11.9. The molecule has 3 nitrogen and oxygen atoms in total. The maximum atomic E-state index is 12.3. The van der Waals surface area contributed by atoms with Crippen LogP contribution in [-0.2, 0) is 13.0 Å². The van der Waals surface area contributed by atoms with Gasteiger partial charge in [0.15, 0.2) is 0 Å². The second-order valence-electron chi connectivity index (χ2n) is 5.42. The molecule has 1 amide bonds. The Morgan fingerprint density at radius 2 is 2.16 bits per heavy atom. The van der Waals surface area contributed by atoms with Crippen molar-refractivity contribution in [1.29, 1.82) is 5.26 Å². The highest BCUT2D eigenvalue weighted by Gasteiger charge is 2.31. The third-order valence-electron chi connectivity index (χ3n) is 3.66. The number of rotatable bonds is 4. The minimum Gasteiger partial charge on any atom is -0.332 e. The maximum Gasteiger partial charge on any atom is 0.256 e. The fourth-order valence-electron chi connectivity index (χ4n) is 2.57. The van der Waals surface area contributed by atoms with E-state index in [1.54, 1.807) is 0 Å². The van der Waals surface area contributed by atoms with Crippen molar-refractivity contribution in [3.63, 3.8) is 0 Å². The maximum absolute atomic E-state index is 12.3. The van der Waals surface area contributed by atoms with Gasteiger partial charge in [-0.3, -0.25) is 4.79 Å². The van der Waals surface area contributed by atoms with Crippen LogP contribution in [0.3, 0.4) is 0 Å². The molecule has 0 unspecified atom stereocenters. The molecule has 0 bridgehead atoms. The lowest BCUT2D eigenvalue weighted by Gasteiger charge is -2.19. The lowest BCUT2D eigenvalue weighted by Crippen LogP contribution is -2.31. The predicted molar refractivity (Wildman–Crippen MR) is 74.8 cm³/mol. The van der Waals surface area contributed by atoms with E-state index in [1.165, 1.54) is 5.56 Å². The molecule has 0 radical (unpaired) electrons. The van der Waals surface area contributed by atoms with Crippen LogP contribution >= 0.6 is 0 Å². The molecule has 0 aromatic heterocycles. The highest BCUT2D eigenvalue weighted by Crippen LogP contribution is 2.29. The van der Waals surface area contributed by atoms with E-state index in [0.717, 1.165) is 24.8 Å². The summed E-state index contributed by atoms with van der Waals surface area (Å²) in [6.45, 7) is 6.81. The molecule has 1 aromatic carbocycles.